The quantitative estimate of drug-likeness (QED) is 0.220. The first-order chi connectivity index (χ1) is 19.2. The third-order valence-corrected chi connectivity index (χ3v) is 7.98. The van der Waals surface area contributed by atoms with Crippen LogP contribution in [0.5, 0.6) is 0 Å². The lowest BCUT2D eigenvalue weighted by molar-refractivity contribution is 1.16. The fraction of sp³-hybridized carbons (Fsp3) is 0.0789. The fourth-order valence-corrected chi connectivity index (χ4v) is 6.16. The minimum atomic E-state index is 1.02. The normalized spacial score (nSPS) is 11.4. The molecule has 0 N–H and O–H groups in total. The predicted molar refractivity (Wildman–Crippen MR) is 167 cm³/mol. The maximum absolute atomic E-state index is 4.39. The van der Waals surface area contributed by atoms with Gasteiger partial charge in [-0.2, -0.15) is 0 Å². The topological polar surface area (TPSA) is 12.9 Å². The summed E-state index contributed by atoms with van der Waals surface area (Å²) in [6.45, 7) is 4.32. The van der Waals surface area contributed by atoms with Crippen molar-refractivity contribution in [2.75, 3.05) is 0 Å². The van der Waals surface area contributed by atoms with Crippen molar-refractivity contribution in [2.45, 2.75) is 20.3 Å². The molecular formula is C38H29N. The first-order valence-electron chi connectivity index (χ1n) is 13.7. The zero-order chi connectivity index (χ0) is 26.3. The van der Waals surface area contributed by atoms with Crippen LogP contribution in [0.25, 0.3) is 65.7 Å². The summed E-state index contributed by atoms with van der Waals surface area (Å²) in [4.78, 5) is 4.39. The molecule has 0 aliphatic carbocycles. The molecule has 7 aromatic rings. The molecule has 0 spiro atoms. The highest BCUT2D eigenvalue weighted by atomic mass is 14.6. The van der Waals surface area contributed by atoms with Crippen LogP contribution >= 0.6 is 0 Å². The maximum atomic E-state index is 4.39. The van der Waals surface area contributed by atoms with E-state index >= 15 is 0 Å². The van der Waals surface area contributed by atoms with Gasteiger partial charge in [0.25, 0.3) is 0 Å². The first kappa shape index (κ1) is 23.4. The summed E-state index contributed by atoms with van der Waals surface area (Å²) in [5.74, 6) is 0. The van der Waals surface area contributed by atoms with Crippen LogP contribution in [0, 0.1) is 6.92 Å². The number of aromatic nitrogens is 1. The van der Waals surface area contributed by atoms with Gasteiger partial charge in [-0.05, 0) is 90.7 Å². The van der Waals surface area contributed by atoms with Gasteiger partial charge in [-0.1, -0.05) is 116 Å². The number of fused-ring (bicyclic) bond motifs is 3. The van der Waals surface area contributed by atoms with Crippen LogP contribution in [0.1, 0.15) is 18.1 Å². The molecule has 7 rings (SSSR count). The number of aryl methyl sites for hydroxylation is 2. The van der Waals surface area contributed by atoms with Gasteiger partial charge in [0.1, 0.15) is 0 Å². The monoisotopic (exact) mass is 499 g/mol. The van der Waals surface area contributed by atoms with E-state index in [2.05, 4.69) is 134 Å². The summed E-state index contributed by atoms with van der Waals surface area (Å²) in [6.07, 6.45) is 4.86. The third-order valence-electron chi connectivity index (χ3n) is 7.98. The van der Waals surface area contributed by atoms with Crippen molar-refractivity contribution in [2.24, 2.45) is 0 Å². The van der Waals surface area contributed by atoms with Crippen molar-refractivity contribution in [1.29, 1.82) is 0 Å². The van der Waals surface area contributed by atoms with E-state index in [1.54, 1.807) is 0 Å². The highest BCUT2D eigenvalue weighted by molar-refractivity contribution is 6.23. The molecule has 0 radical (unpaired) electrons. The van der Waals surface area contributed by atoms with Crippen LogP contribution in [0.4, 0.5) is 0 Å². The van der Waals surface area contributed by atoms with E-state index in [0.29, 0.717) is 0 Å². The molecule has 1 heteroatoms. The minimum Gasteiger partial charge on any atom is -0.264 e. The van der Waals surface area contributed by atoms with E-state index in [4.69, 9.17) is 0 Å². The SMILES string of the molecule is CCc1ccc(-c2c3ccccc3c(-c3ccc(-c4cncc(C)c4)cc3)c3ccccc23)c2ccccc12. The van der Waals surface area contributed by atoms with Crippen molar-refractivity contribution in [1.82, 2.24) is 4.98 Å². The summed E-state index contributed by atoms with van der Waals surface area (Å²) >= 11 is 0. The van der Waals surface area contributed by atoms with Gasteiger partial charge < -0.3 is 0 Å². The van der Waals surface area contributed by atoms with Crippen LogP contribution in [0.2, 0.25) is 0 Å². The van der Waals surface area contributed by atoms with Gasteiger partial charge in [0.2, 0.25) is 0 Å². The Morgan fingerprint density at radius 3 is 1.62 bits per heavy atom. The lowest BCUT2D eigenvalue weighted by atomic mass is 9.84. The Bertz CT molecular complexity index is 1940. The number of rotatable bonds is 4. The standard InChI is InChI=1S/C38H29N/c1-3-26-20-21-36(31-11-5-4-10-30(26)31)38-34-14-8-6-12-32(34)37(33-13-7-9-15-35(33)38)28-18-16-27(17-19-28)29-22-25(2)23-39-24-29/h4-24H,3H2,1-2H3. The number of nitrogens with zero attached hydrogens (tertiary/aromatic N) is 1. The summed E-state index contributed by atoms with van der Waals surface area (Å²) in [5.41, 5.74) is 10.0. The number of hydrogen-bond donors (Lipinski definition) is 0. The average molecular weight is 500 g/mol. The number of benzene rings is 6. The van der Waals surface area contributed by atoms with Crippen LogP contribution < -0.4 is 0 Å². The molecule has 1 aromatic heterocycles. The molecular weight excluding hydrogens is 470 g/mol. The van der Waals surface area contributed by atoms with Crippen molar-refractivity contribution in [3.05, 3.63) is 139 Å². The van der Waals surface area contributed by atoms with E-state index in [9.17, 15) is 0 Å². The molecule has 1 nitrogen and oxygen atoms in total. The van der Waals surface area contributed by atoms with Gasteiger partial charge in [-0.3, -0.25) is 4.98 Å². The van der Waals surface area contributed by atoms with Gasteiger partial charge >= 0.3 is 0 Å². The second-order valence-electron chi connectivity index (χ2n) is 10.3. The Kier molecular flexibility index (Phi) is 5.71. The molecule has 0 aliphatic heterocycles. The largest absolute Gasteiger partial charge is 0.264 e. The zero-order valence-electron chi connectivity index (χ0n) is 22.3. The van der Waals surface area contributed by atoms with E-state index in [1.165, 1.54) is 71.3 Å². The van der Waals surface area contributed by atoms with Crippen molar-refractivity contribution in [3.8, 4) is 33.4 Å². The lowest BCUT2D eigenvalue weighted by Gasteiger charge is -2.19. The second-order valence-corrected chi connectivity index (χ2v) is 10.3. The van der Waals surface area contributed by atoms with E-state index in [-0.39, 0.29) is 0 Å². The van der Waals surface area contributed by atoms with E-state index in [1.807, 2.05) is 12.4 Å². The zero-order valence-corrected chi connectivity index (χ0v) is 22.3. The molecule has 186 valence electrons. The molecule has 0 saturated heterocycles. The molecule has 0 unspecified atom stereocenters. The van der Waals surface area contributed by atoms with Gasteiger partial charge in [-0.25, -0.2) is 0 Å². The van der Waals surface area contributed by atoms with Crippen LogP contribution in [0.15, 0.2) is 128 Å². The third kappa shape index (κ3) is 3.90. The Morgan fingerprint density at radius 1 is 0.487 bits per heavy atom. The molecule has 0 bridgehead atoms. The van der Waals surface area contributed by atoms with Crippen molar-refractivity contribution < 1.29 is 0 Å². The molecule has 6 aromatic carbocycles. The molecule has 0 aliphatic rings. The maximum Gasteiger partial charge on any atom is 0.0346 e. The minimum absolute atomic E-state index is 1.02. The van der Waals surface area contributed by atoms with Crippen LogP contribution in [-0.4, -0.2) is 4.98 Å². The Balaban J connectivity index is 1.52. The molecule has 0 fully saturated rings. The number of hydrogen-bond acceptors (Lipinski definition) is 1. The Morgan fingerprint density at radius 2 is 1.03 bits per heavy atom. The van der Waals surface area contributed by atoms with Crippen LogP contribution in [0.3, 0.4) is 0 Å². The molecule has 1 heterocycles. The highest BCUT2D eigenvalue weighted by Gasteiger charge is 2.18. The molecule has 39 heavy (non-hydrogen) atoms. The van der Waals surface area contributed by atoms with Gasteiger partial charge in [-0.15, -0.1) is 0 Å². The summed E-state index contributed by atoms with van der Waals surface area (Å²) < 4.78 is 0. The lowest BCUT2D eigenvalue weighted by Crippen LogP contribution is -1.93. The summed E-state index contributed by atoms with van der Waals surface area (Å²) in [7, 11) is 0. The van der Waals surface area contributed by atoms with Gasteiger partial charge in [0.05, 0.1) is 0 Å². The predicted octanol–water partition coefficient (Wildman–Crippen LogP) is 10.4. The first-order valence-corrected chi connectivity index (χ1v) is 13.7. The average Bonchev–Trinajstić information content (AvgIpc) is 2.99. The molecule has 0 amide bonds. The summed E-state index contributed by atoms with van der Waals surface area (Å²) in [5, 5.41) is 7.78. The fourth-order valence-electron chi connectivity index (χ4n) is 6.16. The smallest absolute Gasteiger partial charge is 0.0346 e. The van der Waals surface area contributed by atoms with Crippen molar-refractivity contribution >= 4 is 32.3 Å². The molecule has 0 saturated carbocycles. The Hall–Kier alpha value is -4.75. The molecule has 0 atom stereocenters. The van der Waals surface area contributed by atoms with Gasteiger partial charge in [0.15, 0.2) is 0 Å². The van der Waals surface area contributed by atoms with E-state index < -0.39 is 0 Å². The highest BCUT2D eigenvalue weighted by Crippen LogP contribution is 2.45. The van der Waals surface area contributed by atoms with Crippen LogP contribution in [-0.2, 0) is 6.42 Å². The second kappa shape index (κ2) is 9.53. The van der Waals surface area contributed by atoms with E-state index in [0.717, 1.165) is 12.0 Å². The Labute approximate surface area is 229 Å². The van der Waals surface area contributed by atoms with Crippen molar-refractivity contribution in [3.63, 3.8) is 0 Å². The summed E-state index contributed by atoms with van der Waals surface area (Å²) in [6, 6.07) is 42.5. The van der Waals surface area contributed by atoms with Gasteiger partial charge in [0, 0.05) is 18.0 Å². The number of pyridine rings is 1.